The van der Waals surface area contributed by atoms with Crippen LogP contribution in [0, 0.1) is 0 Å². The molecular formula is C33H41ClN10O4. The van der Waals surface area contributed by atoms with E-state index in [-0.39, 0.29) is 17.5 Å². The highest BCUT2D eigenvalue weighted by molar-refractivity contribution is 6.18. The van der Waals surface area contributed by atoms with Gasteiger partial charge in [-0.3, -0.25) is 24.2 Å². The highest BCUT2D eigenvalue weighted by atomic mass is 35.5. The number of aryl methyl sites for hydroxylation is 3. The van der Waals surface area contributed by atoms with Crippen LogP contribution in [0.3, 0.4) is 0 Å². The van der Waals surface area contributed by atoms with Crippen LogP contribution >= 0.6 is 11.6 Å². The first-order valence-corrected chi connectivity index (χ1v) is 15.8. The maximum Gasteiger partial charge on any atom is 0.272 e. The fourth-order valence-electron chi connectivity index (χ4n) is 5.07. The number of hydrogen-bond donors (Lipinski definition) is 5. The molecule has 0 unspecified atom stereocenters. The summed E-state index contributed by atoms with van der Waals surface area (Å²) >= 11 is 5.89. The molecule has 3 aromatic heterocycles. The van der Waals surface area contributed by atoms with Gasteiger partial charge in [0.1, 0.15) is 17.1 Å². The molecule has 48 heavy (non-hydrogen) atoms. The number of carbonyl (C=O) groups excluding carboxylic acids is 4. The lowest BCUT2D eigenvalue weighted by atomic mass is 10.1. The molecule has 0 atom stereocenters. The molecule has 0 fully saturated rings. The number of aliphatic imine (C=N–C) groups is 1. The first kappa shape index (κ1) is 35.4. The van der Waals surface area contributed by atoms with Crippen molar-refractivity contribution in [3.05, 3.63) is 83.7 Å². The van der Waals surface area contributed by atoms with Gasteiger partial charge in [0.2, 0.25) is 0 Å². The van der Waals surface area contributed by atoms with E-state index < -0.39 is 11.8 Å². The molecule has 254 valence electrons. The predicted molar refractivity (Wildman–Crippen MR) is 190 cm³/mol. The molecule has 0 spiro atoms. The summed E-state index contributed by atoms with van der Waals surface area (Å²) < 4.78 is 4.79. The zero-order valence-electron chi connectivity index (χ0n) is 27.6. The third-order valence-corrected chi connectivity index (χ3v) is 7.84. The molecule has 0 saturated heterocycles. The van der Waals surface area contributed by atoms with Gasteiger partial charge in [-0.1, -0.05) is 0 Å². The Morgan fingerprint density at radius 2 is 1.23 bits per heavy atom. The summed E-state index contributed by atoms with van der Waals surface area (Å²) in [5.74, 6) is -0.538. The second-order valence-electron chi connectivity index (χ2n) is 11.1. The van der Waals surface area contributed by atoms with Crippen molar-refractivity contribution in [2.45, 2.75) is 13.3 Å². The van der Waals surface area contributed by atoms with Crippen molar-refractivity contribution < 1.29 is 19.2 Å². The Hall–Kier alpha value is -5.50. The lowest BCUT2D eigenvalue weighted by molar-refractivity contribution is 0.0944. The van der Waals surface area contributed by atoms with E-state index in [0.29, 0.717) is 65.2 Å². The number of halogens is 1. The van der Waals surface area contributed by atoms with Crippen LogP contribution in [0.25, 0.3) is 0 Å². The third kappa shape index (κ3) is 8.64. The highest BCUT2D eigenvalue weighted by Gasteiger charge is 2.19. The van der Waals surface area contributed by atoms with Gasteiger partial charge in [-0.15, -0.1) is 11.6 Å². The number of amidine groups is 1. The zero-order valence-corrected chi connectivity index (χ0v) is 28.4. The molecule has 0 bridgehead atoms. The van der Waals surface area contributed by atoms with Crippen molar-refractivity contribution >= 4 is 63.8 Å². The van der Waals surface area contributed by atoms with E-state index in [1.165, 1.54) is 0 Å². The van der Waals surface area contributed by atoms with Gasteiger partial charge in [0.25, 0.3) is 23.6 Å². The van der Waals surface area contributed by atoms with Crippen molar-refractivity contribution in [1.82, 2.24) is 19.0 Å². The Morgan fingerprint density at radius 1 is 0.771 bits per heavy atom. The first-order valence-electron chi connectivity index (χ1n) is 15.3. The second-order valence-corrected chi connectivity index (χ2v) is 11.5. The van der Waals surface area contributed by atoms with Crippen LogP contribution in [-0.2, 0) is 21.1 Å². The zero-order chi connectivity index (χ0) is 35.0. The van der Waals surface area contributed by atoms with Crippen LogP contribution in [0.1, 0.15) is 55.2 Å². The smallest absolute Gasteiger partial charge is 0.272 e. The summed E-state index contributed by atoms with van der Waals surface area (Å²) in [7, 11) is 6.66. The monoisotopic (exact) mass is 676 g/mol. The van der Waals surface area contributed by atoms with Gasteiger partial charge in [-0.25, -0.2) is 0 Å². The summed E-state index contributed by atoms with van der Waals surface area (Å²) in [6.07, 6.45) is 5.32. The number of hydrogen-bond acceptors (Lipinski definition) is 6. The average molecular weight is 677 g/mol. The number of anilines is 4. The fourth-order valence-corrected chi connectivity index (χ4v) is 5.28. The van der Waals surface area contributed by atoms with Gasteiger partial charge in [-0.2, -0.15) is 0 Å². The topological polar surface area (TPSA) is 173 Å². The van der Waals surface area contributed by atoms with Crippen molar-refractivity contribution in [3.8, 4) is 0 Å². The number of alkyl halides is 1. The Labute approximate surface area is 283 Å². The molecule has 14 nitrogen and oxygen atoms in total. The second kappa shape index (κ2) is 15.9. The standard InChI is InChI=1S/C33H41ClN10O4/c1-6-44(14-12-34)25-9-7-21(8-10-25)30(45)38-22-16-27(42(4)18-22)32(47)40-24-17-28(43(5)20-24)33(48)39-23-15-26(41(3)19-23)31(46)37-13-11-29(35)36-2/h7-10,15-20H,6,11-14H2,1-5H3,(H2,35,36)(H,37,46)(H,38,45)(H,39,48)(H,40,47). The number of carbonyl (C=O) groups is 4. The molecule has 3 heterocycles. The highest BCUT2D eigenvalue weighted by Crippen LogP contribution is 2.21. The van der Waals surface area contributed by atoms with E-state index in [4.69, 9.17) is 17.3 Å². The number of nitrogens with one attached hydrogen (secondary N) is 4. The number of nitrogens with two attached hydrogens (primary N) is 1. The molecule has 4 rings (SSSR count). The van der Waals surface area contributed by atoms with E-state index >= 15 is 0 Å². The van der Waals surface area contributed by atoms with Gasteiger partial charge >= 0.3 is 0 Å². The molecule has 0 radical (unpaired) electrons. The maximum atomic E-state index is 13.2. The fraction of sp³-hybridized carbons (Fsp3) is 0.303. The summed E-state index contributed by atoms with van der Waals surface area (Å²) in [5.41, 5.74) is 9.35. The summed E-state index contributed by atoms with van der Waals surface area (Å²) in [4.78, 5) is 57.8. The largest absolute Gasteiger partial charge is 0.387 e. The molecule has 0 aliphatic carbocycles. The number of nitrogens with zero attached hydrogens (tertiary/aromatic N) is 5. The molecule has 1 aromatic carbocycles. The van der Waals surface area contributed by atoms with Gasteiger partial charge in [-0.05, 0) is 49.4 Å². The minimum absolute atomic E-state index is 0.282. The van der Waals surface area contributed by atoms with Crippen LogP contribution in [0.2, 0.25) is 0 Å². The Balaban J connectivity index is 1.36. The number of amides is 4. The number of aromatic nitrogens is 3. The van der Waals surface area contributed by atoms with Gasteiger partial charge in [0, 0.05) is 90.0 Å². The quantitative estimate of drug-likeness (QED) is 0.0775. The Morgan fingerprint density at radius 3 is 1.67 bits per heavy atom. The van der Waals surface area contributed by atoms with Crippen LogP contribution < -0.4 is 31.9 Å². The normalized spacial score (nSPS) is 11.2. The van der Waals surface area contributed by atoms with Gasteiger partial charge < -0.3 is 45.6 Å². The van der Waals surface area contributed by atoms with Crippen LogP contribution in [0.15, 0.2) is 66.0 Å². The van der Waals surface area contributed by atoms with Crippen molar-refractivity contribution in [2.75, 3.05) is 53.4 Å². The molecule has 15 heteroatoms. The van der Waals surface area contributed by atoms with Gasteiger partial charge in [0.05, 0.1) is 22.9 Å². The molecule has 0 aliphatic rings. The van der Waals surface area contributed by atoms with Crippen LogP contribution in [0.4, 0.5) is 22.7 Å². The van der Waals surface area contributed by atoms with Crippen molar-refractivity contribution in [1.29, 1.82) is 0 Å². The van der Waals surface area contributed by atoms with Crippen molar-refractivity contribution in [3.63, 3.8) is 0 Å². The van der Waals surface area contributed by atoms with Crippen molar-refractivity contribution in [2.24, 2.45) is 31.9 Å². The SMILES string of the molecule is CCN(CCCl)c1ccc(C(=O)Nc2cc(C(=O)Nc3cc(C(=O)Nc4cc(C(=O)NCCC(N)=NC)n(C)c4)n(C)c3)n(C)c2)cc1. The van der Waals surface area contributed by atoms with E-state index in [1.807, 2.05) is 19.1 Å². The summed E-state index contributed by atoms with van der Waals surface area (Å²) in [5, 5.41) is 11.2. The Bertz CT molecular complexity index is 1820. The molecule has 4 amide bonds. The molecule has 0 aliphatic heterocycles. The van der Waals surface area contributed by atoms with Gasteiger partial charge in [0.15, 0.2) is 0 Å². The summed E-state index contributed by atoms with van der Waals surface area (Å²) in [6.45, 7) is 3.88. The number of rotatable bonds is 14. The minimum Gasteiger partial charge on any atom is -0.387 e. The minimum atomic E-state index is -0.430. The van der Waals surface area contributed by atoms with Crippen LogP contribution in [0.5, 0.6) is 0 Å². The van der Waals surface area contributed by atoms with E-state index in [9.17, 15) is 19.2 Å². The number of benzene rings is 1. The van der Waals surface area contributed by atoms with E-state index in [2.05, 4.69) is 31.2 Å². The lowest BCUT2D eigenvalue weighted by Gasteiger charge is -2.22. The maximum absolute atomic E-state index is 13.2. The average Bonchev–Trinajstić information content (AvgIpc) is 3.74. The Kier molecular flexibility index (Phi) is 11.7. The molecule has 0 saturated carbocycles. The molecular weight excluding hydrogens is 636 g/mol. The third-order valence-electron chi connectivity index (χ3n) is 7.67. The summed E-state index contributed by atoms with van der Waals surface area (Å²) in [6, 6.07) is 11.9. The first-order chi connectivity index (χ1) is 22.9. The molecule has 4 aromatic rings. The predicted octanol–water partition coefficient (Wildman–Crippen LogP) is 3.63. The van der Waals surface area contributed by atoms with Crippen LogP contribution in [-0.4, -0.2) is 75.7 Å². The lowest BCUT2D eigenvalue weighted by Crippen LogP contribution is -2.29. The van der Waals surface area contributed by atoms with E-state index in [0.717, 1.165) is 12.2 Å². The van der Waals surface area contributed by atoms with E-state index in [1.54, 1.807) is 90.8 Å². The molecule has 6 N–H and O–H groups in total.